The fourth-order valence-corrected chi connectivity index (χ4v) is 2.16. The lowest BCUT2D eigenvalue weighted by Crippen LogP contribution is -2.36. The molecule has 0 fully saturated rings. The third-order valence-corrected chi connectivity index (χ3v) is 3.44. The molecule has 0 aliphatic rings. The number of hydrogen-bond donors (Lipinski definition) is 3. The van der Waals surface area contributed by atoms with Gasteiger partial charge in [-0.3, -0.25) is 19.4 Å². The Balaban J connectivity index is 2.24. The van der Waals surface area contributed by atoms with Crippen LogP contribution in [-0.4, -0.2) is 38.1 Å². The Labute approximate surface area is 144 Å². The van der Waals surface area contributed by atoms with Crippen molar-refractivity contribution in [3.05, 3.63) is 33.9 Å². The molecule has 2 amide bonds. The summed E-state index contributed by atoms with van der Waals surface area (Å²) >= 11 is 0. The van der Waals surface area contributed by atoms with Crippen molar-refractivity contribution < 1.29 is 9.59 Å². The molecule has 9 heteroatoms. The maximum absolute atomic E-state index is 12.0. The number of hydrogen-bond acceptors (Lipinski definition) is 5. The van der Waals surface area contributed by atoms with E-state index in [1.165, 1.54) is 10.7 Å². The van der Waals surface area contributed by atoms with E-state index in [2.05, 4.69) is 25.7 Å². The van der Waals surface area contributed by atoms with E-state index in [1.807, 2.05) is 13.8 Å². The van der Waals surface area contributed by atoms with Crippen LogP contribution in [0.4, 0.5) is 5.82 Å². The highest BCUT2D eigenvalue weighted by atomic mass is 16.2. The molecule has 2 heterocycles. The van der Waals surface area contributed by atoms with Gasteiger partial charge in [0.05, 0.1) is 5.69 Å². The van der Waals surface area contributed by atoms with Crippen LogP contribution in [0.2, 0.25) is 0 Å². The van der Waals surface area contributed by atoms with Crippen molar-refractivity contribution in [2.75, 3.05) is 11.9 Å². The van der Waals surface area contributed by atoms with Gasteiger partial charge in [0.25, 0.3) is 5.56 Å². The Hall–Kier alpha value is -2.97. The number of aromatic nitrogens is 4. The maximum atomic E-state index is 12.0. The maximum Gasteiger partial charge on any atom is 0.314 e. The summed E-state index contributed by atoms with van der Waals surface area (Å²) < 4.78 is 1.30. The minimum absolute atomic E-state index is 0.180. The lowest BCUT2D eigenvalue weighted by molar-refractivity contribution is -0.136. The summed E-state index contributed by atoms with van der Waals surface area (Å²) in [6, 6.07) is 3.00. The number of aromatic amines is 1. The van der Waals surface area contributed by atoms with Crippen molar-refractivity contribution >= 4 is 17.6 Å². The number of carbonyl (C=O) groups is 2. The fraction of sp³-hybridized carbons (Fsp3) is 0.438. The van der Waals surface area contributed by atoms with Crippen LogP contribution in [0.25, 0.3) is 5.95 Å². The van der Waals surface area contributed by atoms with Gasteiger partial charge in [-0.15, -0.1) is 0 Å². The fourth-order valence-electron chi connectivity index (χ4n) is 2.16. The van der Waals surface area contributed by atoms with Gasteiger partial charge in [0.15, 0.2) is 0 Å². The number of H-pyrrole nitrogens is 1. The molecular weight excluding hydrogens is 324 g/mol. The van der Waals surface area contributed by atoms with E-state index in [4.69, 9.17) is 0 Å². The molecule has 0 saturated carbocycles. The van der Waals surface area contributed by atoms with E-state index in [0.29, 0.717) is 24.4 Å². The highest BCUT2D eigenvalue weighted by Crippen LogP contribution is 2.14. The molecule has 25 heavy (non-hydrogen) atoms. The molecule has 0 bridgehead atoms. The summed E-state index contributed by atoms with van der Waals surface area (Å²) in [5, 5.41) is 9.27. The SMILES string of the molecule is CCCCNC(=O)C(=O)Nc1cc(C)nn1-c1nc(CC)cc(=O)[nH]1. The van der Waals surface area contributed by atoms with E-state index < -0.39 is 11.8 Å². The molecule has 2 aromatic rings. The van der Waals surface area contributed by atoms with Crippen LogP contribution in [0, 0.1) is 6.92 Å². The highest BCUT2D eigenvalue weighted by molar-refractivity contribution is 6.39. The Bertz CT molecular complexity index is 824. The minimum atomic E-state index is -0.800. The minimum Gasteiger partial charge on any atom is -0.348 e. The van der Waals surface area contributed by atoms with E-state index in [1.54, 1.807) is 13.0 Å². The standard InChI is InChI=1S/C16H22N6O3/c1-4-6-7-17-14(24)15(25)19-12-8-10(3)21-22(12)16-18-11(5-2)9-13(23)20-16/h8-9H,4-7H2,1-3H3,(H,17,24)(H,19,25)(H,18,20,23). The van der Waals surface area contributed by atoms with Crippen LogP contribution in [0.1, 0.15) is 38.1 Å². The van der Waals surface area contributed by atoms with Crippen LogP contribution in [0.3, 0.4) is 0 Å². The zero-order chi connectivity index (χ0) is 18.4. The number of aryl methyl sites for hydroxylation is 2. The molecule has 3 N–H and O–H groups in total. The summed E-state index contributed by atoms with van der Waals surface area (Å²) in [5.41, 5.74) is 0.886. The molecule has 0 saturated heterocycles. The summed E-state index contributed by atoms with van der Waals surface area (Å²) in [5.74, 6) is -1.09. The van der Waals surface area contributed by atoms with Crippen molar-refractivity contribution in [3.63, 3.8) is 0 Å². The Morgan fingerprint density at radius 2 is 2.00 bits per heavy atom. The van der Waals surface area contributed by atoms with Crippen molar-refractivity contribution in [3.8, 4) is 5.95 Å². The van der Waals surface area contributed by atoms with E-state index >= 15 is 0 Å². The van der Waals surface area contributed by atoms with Crippen LogP contribution < -0.4 is 16.2 Å². The molecule has 9 nitrogen and oxygen atoms in total. The van der Waals surface area contributed by atoms with Crippen molar-refractivity contribution in [2.45, 2.75) is 40.0 Å². The Kier molecular flexibility index (Phi) is 6.04. The third-order valence-electron chi connectivity index (χ3n) is 3.44. The lowest BCUT2D eigenvalue weighted by atomic mass is 10.3. The second kappa shape index (κ2) is 8.22. The Morgan fingerprint density at radius 3 is 2.68 bits per heavy atom. The second-order valence-electron chi connectivity index (χ2n) is 5.56. The summed E-state index contributed by atoms with van der Waals surface area (Å²) in [6.45, 7) is 6.04. The van der Waals surface area contributed by atoms with Gasteiger partial charge in [0.1, 0.15) is 5.82 Å². The molecule has 0 radical (unpaired) electrons. The molecule has 0 spiro atoms. The molecular formula is C16H22N6O3. The van der Waals surface area contributed by atoms with E-state index in [9.17, 15) is 14.4 Å². The zero-order valence-electron chi connectivity index (χ0n) is 14.5. The molecule has 0 aromatic carbocycles. The first-order valence-corrected chi connectivity index (χ1v) is 8.21. The average Bonchev–Trinajstić information content (AvgIpc) is 2.94. The summed E-state index contributed by atoms with van der Waals surface area (Å²) in [6.07, 6.45) is 2.30. The van der Waals surface area contributed by atoms with Crippen LogP contribution in [-0.2, 0) is 16.0 Å². The number of nitrogens with zero attached hydrogens (tertiary/aromatic N) is 3. The Morgan fingerprint density at radius 1 is 1.24 bits per heavy atom. The molecule has 2 aromatic heterocycles. The number of carbonyl (C=O) groups excluding carboxylic acids is 2. The molecule has 0 aliphatic carbocycles. The highest BCUT2D eigenvalue weighted by Gasteiger charge is 2.18. The van der Waals surface area contributed by atoms with Crippen LogP contribution in [0.15, 0.2) is 16.9 Å². The van der Waals surface area contributed by atoms with Crippen molar-refractivity contribution in [1.82, 2.24) is 25.1 Å². The topological polar surface area (TPSA) is 122 Å². The van der Waals surface area contributed by atoms with Crippen molar-refractivity contribution in [1.29, 1.82) is 0 Å². The quantitative estimate of drug-likeness (QED) is 0.524. The molecule has 2 rings (SSSR count). The lowest BCUT2D eigenvalue weighted by Gasteiger charge is -2.09. The zero-order valence-corrected chi connectivity index (χ0v) is 14.5. The predicted molar refractivity (Wildman–Crippen MR) is 92.6 cm³/mol. The molecule has 134 valence electrons. The molecule has 0 aliphatic heterocycles. The number of nitrogens with one attached hydrogen (secondary N) is 3. The number of unbranched alkanes of at least 4 members (excludes halogenated alkanes) is 1. The largest absolute Gasteiger partial charge is 0.348 e. The smallest absolute Gasteiger partial charge is 0.314 e. The van der Waals surface area contributed by atoms with Gasteiger partial charge in [0.2, 0.25) is 5.95 Å². The van der Waals surface area contributed by atoms with Gasteiger partial charge in [-0.1, -0.05) is 20.3 Å². The summed E-state index contributed by atoms with van der Waals surface area (Å²) in [7, 11) is 0. The monoisotopic (exact) mass is 346 g/mol. The normalized spacial score (nSPS) is 10.5. The molecule has 0 atom stereocenters. The van der Waals surface area contributed by atoms with E-state index in [0.717, 1.165) is 12.8 Å². The number of amides is 2. The van der Waals surface area contributed by atoms with Gasteiger partial charge in [-0.25, -0.2) is 4.98 Å². The van der Waals surface area contributed by atoms with Crippen molar-refractivity contribution in [2.24, 2.45) is 0 Å². The van der Waals surface area contributed by atoms with Gasteiger partial charge in [-0.05, 0) is 19.8 Å². The van der Waals surface area contributed by atoms with Crippen LogP contribution in [0.5, 0.6) is 0 Å². The third kappa shape index (κ3) is 4.75. The first-order chi connectivity index (χ1) is 11.9. The van der Waals surface area contributed by atoms with Crippen LogP contribution >= 0.6 is 0 Å². The second-order valence-corrected chi connectivity index (χ2v) is 5.56. The predicted octanol–water partition coefficient (Wildman–Crippen LogP) is 0.681. The average molecular weight is 346 g/mol. The van der Waals surface area contributed by atoms with Gasteiger partial charge in [-0.2, -0.15) is 9.78 Å². The van der Waals surface area contributed by atoms with Gasteiger partial charge in [0, 0.05) is 24.4 Å². The summed E-state index contributed by atoms with van der Waals surface area (Å²) in [4.78, 5) is 42.5. The van der Waals surface area contributed by atoms with Gasteiger partial charge >= 0.3 is 11.8 Å². The first kappa shape index (κ1) is 18.4. The number of anilines is 1. The molecule has 0 unspecified atom stereocenters. The first-order valence-electron chi connectivity index (χ1n) is 8.21. The van der Waals surface area contributed by atoms with E-state index in [-0.39, 0.29) is 17.3 Å². The number of rotatable bonds is 6. The van der Waals surface area contributed by atoms with Gasteiger partial charge < -0.3 is 10.6 Å².